The number of furan rings is 1. The zero-order valence-corrected chi connectivity index (χ0v) is 11.9. The van der Waals surface area contributed by atoms with Crippen molar-refractivity contribution in [3.8, 4) is 5.75 Å². The Labute approximate surface area is 113 Å². The summed E-state index contributed by atoms with van der Waals surface area (Å²) in [6, 6.07) is 4.05. The number of aryl methyl sites for hydroxylation is 2. The number of ether oxygens (including phenoxy) is 1. The molecule has 0 amide bonds. The highest BCUT2D eigenvalue weighted by atomic mass is 16.5. The molecular weight excluding hydrogens is 242 g/mol. The van der Waals surface area contributed by atoms with Crippen LogP contribution in [0.5, 0.6) is 5.75 Å². The molecule has 0 saturated carbocycles. The average Bonchev–Trinajstić information content (AvgIpc) is 2.98. The van der Waals surface area contributed by atoms with Crippen molar-refractivity contribution in [3.63, 3.8) is 0 Å². The maximum atomic E-state index is 5.78. The molecule has 0 aromatic carbocycles. The molecular formula is C14H21N3O2. The van der Waals surface area contributed by atoms with Gasteiger partial charge in [-0.05, 0) is 32.9 Å². The maximum Gasteiger partial charge on any atom is 0.163 e. The molecule has 0 spiro atoms. The summed E-state index contributed by atoms with van der Waals surface area (Å²) in [6.45, 7) is 7.41. The van der Waals surface area contributed by atoms with E-state index in [9.17, 15) is 0 Å². The van der Waals surface area contributed by atoms with Gasteiger partial charge in [0.1, 0.15) is 18.1 Å². The highest BCUT2D eigenvalue weighted by molar-refractivity contribution is 5.31. The van der Waals surface area contributed by atoms with E-state index in [0.29, 0.717) is 6.61 Å². The predicted molar refractivity (Wildman–Crippen MR) is 73.3 cm³/mol. The van der Waals surface area contributed by atoms with E-state index in [1.54, 1.807) is 6.26 Å². The first-order valence-corrected chi connectivity index (χ1v) is 6.49. The van der Waals surface area contributed by atoms with E-state index in [1.807, 2.05) is 37.7 Å². The monoisotopic (exact) mass is 263 g/mol. The van der Waals surface area contributed by atoms with Crippen LogP contribution in [-0.2, 0) is 7.05 Å². The van der Waals surface area contributed by atoms with Crippen molar-refractivity contribution >= 4 is 0 Å². The van der Waals surface area contributed by atoms with Gasteiger partial charge in [0, 0.05) is 13.6 Å². The zero-order valence-electron chi connectivity index (χ0n) is 11.9. The molecule has 5 nitrogen and oxygen atoms in total. The molecule has 2 rings (SSSR count). The van der Waals surface area contributed by atoms with Crippen molar-refractivity contribution in [2.45, 2.75) is 26.8 Å². The Bertz CT molecular complexity index is 517. The van der Waals surface area contributed by atoms with Gasteiger partial charge in [-0.15, -0.1) is 0 Å². The largest absolute Gasteiger partial charge is 0.488 e. The molecule has 1 atom stereocenters. The van der Waals surface area contributed by atoms with Gasteiger partial charge in [-0.25, -0.2) is 0 Å². The summed E-state index contributed by atoms with van der Waals surface area (Å²) >= 11 is 0. The van der Waals surface area contributed by atoms with Gasteiger partial charge in [0.05, 0.1) is 18.0 Å². The topological polar surface area (TPSA) is 52.2 Å². The van der Waals surface area contributed by atoms with Crippen LogP contribution in [0, 0.1) is 13.8 Å². The molecule has 0 radical (unpaired) electrons. The Kier molecular flexibility index (Phi) is 4.27. The highest BCUT2D eigenvalue weighted by Gasteiger charge is 2.11. The Morgan fingerprint density at radius 1 is 1.47 bits per heavy atom. The molecule has 19 heavy (non-hydrogen) atoms. The zero-order chi connectivity index (χ0) is 13.8. The van der Waals surface area contributed by atoms with Crippen molar-refractivity contribution in [1.29, 1.82) is 0 Å². The van der Waals surface area contributed by atoms with Gasteiger partial charge in [-0.1, -0.05) is 0 Å². The van der Waals surface area contributed by atoms with Crippen LogP contribution in [0.3, 0.4) is 0 Å². The van der Waals surface area contributed by atoms with Gasteiger partial charge < -0.3 is 14.5 Å². The predicted octanol–water partition coefficient (Wildman–Crippen LogP) is 2.36. The molecule has 0 saturated heterocycles. The van der Waals surface area contributed by atoms with Crippen LogP contribution in [0.15, 0.2) is 22.8 Å². The Balaban J connectivity index is 1.78. The third-order valence-electron chi connectivity index (χ3n) is 3.21. The van der Waals surface area contributed by atoms with E-state index in [2.05, 4.69) is 17.3 Å². The molecule has 0 aliphatic heterocycles. The standard InChI is InChI=1S/C14H21N3O2/c1-10(13-6-5-8-18-13)15-7-9-19-14-11(2)16-17(4)12(14)3/h5-6,8,10,15H,7,9H2,1-4H3. The first-order chi connectivity index (χ1) is 9.09. The SMILES string of the molecule is Cc1nn(C)c(C)c1OCCNC(C)c1ccco1. The average molecular weight is 263 g/mol. The van der Waals surface area contributed by atoms with Crippen LogP contribution in [0.4, 0.5) is 0 Å². The quantitative estimate of drug-likeness (QED) is 0.813. The molecule has 0 aliphatic rings. The minimum atomic E-state index is 0.190. The van der Waals surface area contributed by atoms with Crippen molar-refractivity contribution in [3.05, 3.63) is 35.5 Å². The van der Waals surface area contributed by atoms with E-state index in [-0.39, 0.29) is 6.04 Å². The molecule has 5 heteroatoms. The second-order valence-electron chi connectivity index (χ2n) is 4.66. The van der Waals surface area contributed by atoms with Crippen molar-refractivity contribution in [2.75, 3.05) is 13.2 Å². The number of hydrogen-bond donors (Lipinski definition) is 1. The number of nitrogens with zero attached hydrogens (tertiary/aromatic N) is 2. The molecule has 1 N–H and O–H groups in total. The third kappa shape index (κ3) is 3.17. The van der Waals surface area contributed by atoms with Gasteiger partial charge in [0.25, 0.3) is 0 Å². The van der Waals surface area contributed by atoms with Gasteiger partial charge in [-0.3, -0.25) is 4.68 Å². The minimum absolute atomic E-state index is 0.190. The normalized spacial score (nSPS) is 12.6. The second kappa shape index (κ2) is 5.93. The molecule has 0 fully saturated rings. The second-order valence-corrected chi connectivity index (χ2v) is 4.66. The van der Waals surface area contributed by atoms with Gasteiger partial charge in [0.15, 0.2) is 5.75 Å². The Morgan fingerprint density at radius 3 is 2.84 bits per heavy atom. The molecule has 2 heterocycles. The summed E-state index contributed by atoms with van der Waals surface area (Å²) in [4.78, 5) is 0. The van der Waals surface area contributed by atoms with Crippen LogP contribution < -0.4 is 10.1 Å². The van der Waals surface area contributed by atoms with Gasteiger partial charge in [-0.2, -0.15) is 5.10 Å². The summed E-state index contributed by atoms with van der Waals surface area (Å²) in [7, 11) is 1.92. The fraction of sp³-hybridized carbons (Fsp3) is 0.500. The summed E-state index contributed by atoms with van der Waals surface area (Å²) in [6.07, 6.45) is 1.69. The fourth-order valence-electron chi connectivity index (χ4n) is 2.03. The van der Waals surface area contributed by atoms with Crippen LogP contribution in [0.25, 0.3) is 0 Å². The lowest BCUT2D eigenvalue weighted by molar-refractivity contribution is 0.298. The summed E-state index contributed by atoms with van der Waals surface area (Å²) < 4.78 is 13.0. The van der Waals surface area contributed by atoms with Crippen LogP contribution in [0.1, 0.15) is 30.1 Å². The summed E-state index contributed by atoms with van der Waals surface area (Å²) in [5.74, 6) is 1.82. The molecule has 2 aromatic heterocycles. The molecule has 0 bridgehead atoms. The lowest BCUT2D eigenvalue weighted by Crippen LogP contribution is -2.24. The lowest BCUT2D eigenvalue weighted by atomic mass is 10.2. The lowest BCUT2D eigenvalue weighted by Gasteiger charge is -2.12. The highest BCUT2D eigenvalue weighted by Crippen LogP contribution is 2.21. The molecule has 0 aliphatic carbocycles. The van der Waals surface area contributed by atoms with Crippen molar-refractivity contribution in [1.82, 2.24) is 15.1 Å². The van der Waals surface area contributed by atoms with E-state index in [4.69, 9.17) is 9.15 Å². The number of rotatable bonds is 6. The van der Waals surface area contributed by atoms with Gasteiger partial charge >= 0.3 is 0 Å². The minimum Gasteiger partial charge on any atom is -0.488 e. The number of hydrogen-bond acceptors (Lipinski definition) is 4. The van der Waals surface area contributed by atoms with Crippen molar-refractivity contribution in [2.24, 2.45) is 7.05 Å². The Morgan fingerprint density at radius 2 is 2.26 bits per heavy atom. The van der Waals surface area contributed by atoms with Crippen LogP contribution in [-0.4, -0.2) is 22.9 Å². The molecule has 2 aromatic rings. The van der Waals surface area contributed by atoms with Crippen LogP contribution in [0.2, 0.25) is 0 Å². The third-order valence-corrected chi connectivity index (χ3v) is 3.21. The van der Waals surface area contributed by atoms with E-state index >= 15 is 0 Å². The first-order valence-electron chi connectivity index (χ1n) is 6.49. The van der Waals surface area contributed by atoms with Gasteiger partial charge in [0.2, 0.25) is 0 Å². The van der Waals surface area contributed by atoms with E-state index in [0.717, 1.165) is 29.4 Å². The molecule has 104 valence electrons. The summed E-state index contributed by atoms with van der Waals surface area (Å²) in [5.41, 5.74) is 1.98. The molecule has 1 unspecified atom stereocenters. The number of aromatic nitrogens is 2. The fourth-order valence-corrected chi connectivity index (χ4v) is 2.03. The number of nitrogens with one attached hydrogen (secondary N) is 1. The summed E-state index contributed by atoms with van der Waals surface area (Å²) in [5, 5.41) is 7.68. The maximum absolute atomic E-state index is 5.78. The first kappa shape index (κ1) is 13.7. The Hall–Kier alpha value is -1.75. The van der Waals surface area contributed by atoms with E-state index < -0.39 is 0 Å². The van der Waals surface area contributed by atoms with Crippen molar-refractivity contribution < 1.29 is 9.15 Å². The van der Waals surface area contributed by atoms with E-state index in [1.165, 1.54) is 0 Å². The van der Waals surface area contributed by atoms with Crippen LogP contribution >= 0.6 is 0 Å². The smallest absolute Gasteiger partial charge is 0.163 e.